The molecule has 0 aliphatic heterocycles. The van der Waals surface area contributed by atoms with Crippen LogP contribution in [0.3, 0.4) is 0 Å². The normalized spacial score (nSPS) is 11.7. The molecule has 8 nitrogen and oxygen atoms in total. The lowest BCUT2D eigenvalue weighted by Crippen LogP contribution is -2.26. The molecule has 0 saturated carbocycles. The zero-order valence-electron chi connectivity index (χ0n) is 18.6. The first-order valence-corrected chi connectivity index (χ1v) is 11.9. The van der Waals surface area contributed by atoms with Gasteiger partial charge in [0.05, 0.1) is 16.2 Å². The highest BCUT2D eigenvalue weighted by Crippen LogP contribution is 2.32. The monoisotopic (exact) mass is 513 g/mol. The second-order valence-corrected chi connectivity index (χ2v) is 9.47. The van der Waals surface area contributed by atoms with Crippen molar-refractivity contribution >= 4 is 33.1 Å². The van der Waals surface area contributed by atoms with Gasteiger partial charge in [-0.1, -0.05) is 18.2 Å². The number of aryl methyl sites for hydroxylation is 1. The van der Waals surface area contributed by atoms with E-state index in [1.165, 1.54) is 18.2 Å². The third-order valence-corrected chi connectivity index (χ3v) is 6.63. The highest BCUT2D eigenvalue weighted by Gasteiger charge is 2.48. The Morgan fingerprint density at radius 3 is 2.47 bits per heavy atom. The van der Waals surface area contributed by atoms with Crippen LogP contribution in [0.4, 0.5) is 30.5 Å². The molecular weight excluding hydrogens is 495 g/mol. The minimum atomic E-state index is -5.72. The predicted octanol–water partition coefficient (Wildman–Crippen LogP) is 5.14. The summed E-state index contributed by atoms with van der Waals surface area (Å²) in [7, 11) is -5.72. The van der Waals surface area contributed by atoms with Crippen LogP contribution in [0.1, 0.15) is 15.9 Å². The van der Waals surface area contributed by atoms with Crippen molar-refractivity contribution in [3.05, 3.63) is 90.4 Å². The Bertz CT molecular complexity index is 1530. The number of carbonyl (C=O) groups excluding carboxylic acids is 1. The second kappa shape index (κ2) is 9.74. The van der Waals surface area contributed by atoms with Gasteiger partial charge in [0.25, 0.3) is 15.7 Å². The van der Waals surface area contributed by atoms with Crippen LogP contribution < -0.4 is 10.6 Å². The molecule has 1 amide bonds. The van der Waals surface area contributed by atoms with Crippen molar-refractivity contribution in [3.63, 3.8) is 0 Å². The molecule has 2 aromatic heterocycles. The Morgan fingerprint density at radius 1 is 0.972 bits per heavy atom. The fraction of sp³-hybridized carbons (Fsp3) is 0.0833. The average Bonchev–Trinajstić information content (AvgIpc) is 2.86. The van der Waals surface area contributed by atoms with Gasteiger partial charge < -0.3 is 10.6 Å². The predicted molar refractivity (Wildman–Crippen MR) is 127 cm³/mol. The van der Waals surface area contributed by atoms with Gasteiger partial charge in [-0.05, 0) is 55.0 Å². The minimum Gasteiger partial charge on any atom is -0.324 e. The summed E-state index contributed by atoms with van der Waals surface area (Å²) in [6, 6.07) is 14.2. The Kier molecular flexibility index (Phi) is 6.71. The van der Waals surface area contributed by atoms with Gasteiger partial charge in [0.1, 0.15) is 0 Å². The number of amides is 1. The van der Waals surface area contributed by atoms with Gasteiger partial charge in [-0.25, -0.2) is 18.4 Å². The zero-order valence-corrected chi connectivity index (χ0v) is 19.4. The number of sulfone groups is 1. The first-order chi connectivity index (χ1) is 17.1. The highest BCUT2D eigenvalue weighted by atomic mass is 32.2. The van der Waals surface area contributed by atoms with E-state index in [-0.39, 0.29) is 11.6 Å². The largest absolute Gasteiger partial charge is 0.501 e. The Hall–Kier alpha value is -4.32. The van der Waals surface area contributed by atoms with Gasteiger partial charge in [-0.2, -0.15) is 13.2 Å². The van der Waals surface area contributed by atoms with Crippen LogP contribution in [0, 0.1) is 6.92 Å². The van der Waals surface area contributed by atoms with Gasteiger partial charge in [-0.15, -0.1) is 0 Å². The van der Waals surface area contributed by atoms with E-state index in [9.17, 15) is 26.4 Å². The smallest absolute Gasteiger partial charge is 0.324 e. The summed E-state index contributed by atoms with van der Waals surface area (Å²) in [6.45, 7) is 1.80. The molecule has 0 aliphatic rings. The van der Waals surface area contributed by atoms with Crippen LogP contribution in [0.25, 0.3) is 11.3 Å². The van der Waals surface area contributed by atoms with Gasteiger partial charge in [0.15, 0.2) is 0 Å². The van der Waals surface area contributed by atoms with E-state index in [1.54, 1.807) is 43.7 Å². The van der Waals surface area contributed by atoms with E-state index in [2.05, 4.69) is 25.6 Å². The molecule has 0 atom stereocenters. The molecule has 36 heavy (non-hydrogen) atoms. The number of pyridine rings is 1. The van der Waals surface area contributed by atoms with Crippen molar-refractivity contribution in [3.8, 4) is 11.3 Å². The molecular formula is C24H18F3N5O3S. The van der Waals surface area contributed by atoms with Gasteiger partial charge in [-0.3, -0.25) is 9.78 Å². The topological polar surface area (TPSA) is 114 Å². The lowest BCUT2D eigenvalue weighted by atomic mass is 10.1. The first kappa shape index (κ1) is 24.8. The fourth-order valence-electron chi connectivity index (χ4n) is 3.26. The molecule has 0 aliphatic carbocycles. The van der Waals surface area contributed by atoms with Crippen LogP contribution in [0.2, 0.25) is 0 Å². The van der Waals surface area contributed by atoms with E-state index in [4.69, 9.17) is 0 Å². The molecule has 2 aromatic carbocycles. The zero-order chi connectivity index (χ0) is 25.9. The van der Waals surface area contributed by atoms with Crippen molar-refractivity contribution in [2.75, 3.05) is 10.6 Å². The number of anilines is 3. The molecule has 2 heterocycles. The molecule has 12 heteroatoms. The maximum atomic E-state index is 13.1. The van der Waals surface area contributed by atoms with Gasteiger partial charge in [0.2, 0.25) is 5.95 Å². The van der Waals surface area contributed by atoms with Crippen molar-refractivity contribution in [2.24, 2.45) is 0 Å². The summed E-state index contributed by atoms with van der Waals surface area (Å²) in [5.74, 6) is -0.743. The molecule has 0 saturated heterocycles. The number of aromatic nitrogens is 3. The number of rotatable bonds is 6. The number of nitrogens with one attached hydrogen (secondary N) is 2. The molecule has 184 valence electrons. The second-order valence-electron chi connectivity index (χ2n) is 7.56. The average molecular weight is 514 g/mol. The van der Waals surface area contributed by atoms with Gasteiger partial charge >= 0.3 is 5.51 Å². The number of hydrogen-bond acceptors (Lipinski definition) is 7. The number of nitrogens with zero attached hydrogens (tertiary/aromatic N) is 3. The molecule has 4 aromatic rings. The molecule has 0 bridgehead atoms. The van der Waals surface area contributed by atoms with E-state index >= 15 is 0 Å². The third kappa shape index (κ3) is 5.18. The maximum Gasteiger partial charge on any atom is 0.501 e. The number of halogens is 3. The van der Waals surface area contributed by atoms with Crippen molar-refractivity contribution in [1.82, 2.24) is 15.0 Å². The third-order valence-electron chi connectivity index (χ3n) is 5.08. The first-order valence-electron chi connectivity index (χ1n) is 10.4. The van der Waals surface area contributed by atoms with Crippen molar-refractivity contribution in [2.45, 2.75) is 17.3 Å². The summed E-state index contributed by atoms with van der Waals surface area (Å²) >= 11 is 0. The standard InChI is InChI=1S/C24H18F3N5O3S/c1-15-8-9-17(30-22(33)18-6-2-3-7-21(18)36(34,35)24(25,26)27)13-20(15)32-23-29-12-10-19(31-23)16-5-4-11-28-14-16/h2-14H,1H3,(H,30,33)(H,29,31,32). The summed E-state index contributed by atoms with van der Waals surface area (Å²) in [4.78, 5) is 24.4. The summed E-state index contributed by atoms with van der Waals surface area (Å²) in [6.07, 6.45) is 4.87. The Balaban J connectivity index is 1.59. The van der Waals surface area contributed by atoms with Crippen molar-refractivity contribution in [1.29, 1.82) is 0 Å². The van der Waals surface area contributed by atoms with Crippen LogP contribution in [0.15, 0.2) is 84.1 Å². The molecule has 0 spiro atoms. The van der Waals surface area contributed by atoms with Crippen LogP contribution in [-0.2, 0) is 9.84 Å². The number of hydrogen-bond donors (Lipinski definition) is 2. The number of carbonyl (C=O) groups is 1. The molecule has 0 fully saturated rings. The number of alkyl halides is 3. The van der Waals surface area contributed by atoms with Crippen LogP contribution >= 0.6 is 0 Å². The molecule has 2 N–H and O–H groups in total. The summed E-state index contributed by atoms with van der Waals surface area (Å²) < 4.78 is 63.1. The molecule has 4 rings (SSSR count). The highest BCUT2D eigenvalue weighted by molar-refractivity contribution is 7.92. The van der Waals surface area contributed by atoms with Crippen molar-refractivity contribution < 1.29 is 26.4 Å². The molecule has 0 radical (unpaired) electrons. The summed E-state index contributed by atoms with van der Waals surface area (Å²) in [5, 5.41) is 5.51. The SMILES string of the molecule is Cc1ccc(NC(=O)c2ccccc2S(=O)(=O)C(F)(F)F)cc1Nc1nccc(-c2cccnc2)n1. The van der Waals surface area contributed by atoms with Crippen LogP contribution in [-0.4, -0.2) is 34.8 Å². The van der Waals surface area contributed by atoms with E-state index in [0.29, 0.717) is 11.4 Å². The summed E-state index contributed by atoms with van der Waals surface area (Å²) in [5.41, 5.74) is -3.25. The van der Waals surface area contributed by atoms with E-state index in [1.807, 2.05) is 6.07 Å². The lowest BCUT2D eigenvalue weighted by molar-refractivity contribution is -0.0436. The maximum absolute atomic E-state index is 13.1. The minimum absolute atomic E-state index is 0.218. The molecule has 0 unspecified atom stereocenters. The number of benzene rings is 2. The Morgan fingerprint density at radius 2 is 1.75 bits per heavy atom. The Labute approximate surface area is 204 Å². The lowest BCUT2D eigenvalue weighted by Gasteiger charge is -2.14. The quantitative estimate of drug-likeness (QED) is 0.367. The van der Waals surface area contributed by atoms with Crippen LogP contribution in [0.5, 0.6) is 0 Å². The van der Waals surface area contributed by atoms with E-state index in [0.717, 1.165) is 29.3 Å². The van der Waals surface area contributed by atoms with E-state index < -0.39 is 31.7 Å². The van der Waals surface area contributed by atoms with Gasteiger partial charge in [0, 0.05) is 35.5 Å². The fourth-order valence-corrected chi connectivity index (χ4v) is 4.22.